The molecule has 1 rings (SSSR count). The molecule has 0 heterocycles. The molecule has 4 nitrogen and oxygen atoms in total. The molecule has 0 radical (unpaired) electrons. The van der Waals surface area contributed by atoms with E-state index in [-0.39, 0.29) is 17.0 Å². The number of nitrogen functional groups attached to an aromatic ring is 1. The molecule has 0 amide bonds. The molecule has 1 aromatic rings. The van der Waals surface area contributed by atoms with Gasteiger partial charge in [-0.15, -0.1) is 0 Å². The van der Waals surface area contributed by atoms with Crippen LogP contribution in [0.1, 0.15) is 118 Å². The summed E-state index contributed by atoms with van der Waals surface area (Å²) >= 11 is 0. The van der Waals surface area contributed by atoms with E-state index in [9.17, 15) is 9.59 Å². The smallest absolute Gasteiger partial charge is 0.337 e. The largest absolute Gasteiger partial charge is 0.478 e. The molecular formula is C25H39NO3. The summed E-state index contributed by atoms with van der Waals surface area (Å²) in [7, 11) is 0. The maximum atomic E-state index is 12.3. The van der Waals surface area contributed by atoms with Gasteiger partial charge in [-0.2, -0.15) is 0 Å². The number of aromatic carboxylic acids is 1. The number of carboxylic acid groups (broad SMARTS) is 1. The van der Waals surface area contributed by atoms with E-state index in [0.717, 1.165) is 25.7 Å². The summed E-state index contributed by atoms with van der Waals surface area (Å²) in [5.74, 6) is -1.17. The topological polar surface area (TPSA) is 80.4 Å². The van der Waals surface area contributed by atoms with Crippen LogP contribution in [0.25, 0.3) is 0 Å². The number of Topliss-reactive ketones (excluding diaryl/α,β-unsaturated/α-hetero) is 1. The van der Waals surface area contributed by atoms with Crippen LogP contribution >= 0.6 is 0 Å². The zero-order valence-electron chi connectivity index (χ0n) is 18.1. The average Bonchev–Trinajstić information content (AvgIpc) is 2.70. The van der Waals surface area contributed by atoms with Gasteiger partial charge in [-0.25, -0.2) is 4.79 Å². The van der Waals surface area contributed by atoms with Crippen LogP contribution in [0.5, 0.6) is 0 Å². The Morgan fingerprint density at radius 2 is 1.34 bits per heavy atom. The van der Waals surface area contributed by atoms with E-state index in [4.69, 9.17) is 10.8 Å². The minimum Gasteiger partial charge on any atom is -0.478 e. The van der Waals surface area contributed by atoms with Gasteiger partial charge in [0, 0.05) is 12.0 Å². The lowest BCUT2D eigenvalue weighted by Crippen LogP contribution is -2.09. The number of carbonyl (C=O) groups excluding carboxylic acids is 1. The van der Waals surface area contributed by atoms with Crippen molar-refractivity contribution in [2.75, 3.05) is 5.73 Å². The van der Waals surface area contributed by atoms with Gasteiger partial charge in [-0.05, 0) is 44.2 Å². The Bertz CT molecular complexity index is 637. The van der Waals surface area contributed by atoms with Crippen LogP contribution in [0.4, 0.5) is 5.69 Å². The monoisotopic (exact) mass is 401 g/mol. The summed E-state index contributed by atoms with van der Waals surface area (Å²) in [5, 5.41) is 9.09. The molecule has 0 aliphatic heterocycles. The third-order valence-electron chi connectivity index (χ3n) is 5.30. The predicted molar refractivity (Wildman–Crippen MR) is 122 cm³/mol. The molecule has 3 N–H and O–H groups in total. The molecule has 162 valence electrons. The van der Waals surface area contributed by atoms with Gasteiger partial charge in [0.25, 0.3) is 0 Å². The third-order valence-corrected chi connectivity index (χ3v) is 5.30. The van der Waals surface area contributed by atoms with Crippen molar-refractivity contribution in [1.29, 1.82) is 0 Å². The minimum absolute atomic E-state index is 0.000368. The Hall–Kier alpha value is -2.10. The fourth-order valence-corrected chi connectivity index (χ4v) is 3.49. The van der Waals surface area contributed by atoms with E-state index in [1.54, 1.807) is 12.1 Å². The van der Waals surface area contributed by atoms with E-state index in [2.05, 4.69) is 19.1 Å². The van der Waals surface area contributed by atoms with Gasteiger partial charge in [0.15, 0.2) is 5.78 Å². The number of carboxylic acids is 1. The normalized spacial score (nSPS) is 11.2. The number of carbonyl (C=O) groups is 2. The maximum Gasteiger partial charge on any atom is 0.337 e. The van der Waals surface area contributed by atoms with E-state index in [0.29, 0.717) is 12.0 Å². The molecule has 0 saturated carbocycles. The fraction of sp³-hybridized carbons (Fsp3) is 0.600. The first-order chi connectivity index (χ1) is 14.1. The first-order valence-electron chi connectivity index (χ1n) is 11.4. The molecular weight excluding hydrogens is 362 g/mol. The Labute approximate surface area is 176 Å². The number of anilines is 1. The predicted octanol–water partition coefficient (Wildman–Crippen LogP) is 7.19. The second-order valence-corrected chi connectivity index (χ2v) is 7.83. The maximum absolute atomic E-state index is 12.3. The molecule has 0 aliphatic carbocycles. The van der Waals surface area contributed by atoms with E-state index in [1.165, 1.54) is 63.9 Å². The fourth-order valence-electron chi connectivity index (χ4n) is 3.49. The molecule has 4 heteroatoms. The number of hydrogen-bond donors (Lipinski definition) is 2. The van der Waals surface area contributed by atoms with Crippen molar-refractivity contribution >= 4 is 17.4 Å². The molecule has 0 spiro atoms. The van der Waals surface area contributed by atoms with Crippen molar-refractivity contribution in [2.24, 2.45) is 0 Å². The van der Waals surface area contributed by atoms with E-state index < -0.39 is 5.97 Å². The number of nitrogens with two attached hydrogens (primary N) is 1. The standard InChI is InChI=1S/C25H39NO3/c1-2-3-4-5-6-7-8-9-10-11-12-13-14-15-16-20-23(27)21-18-17-19-22(24(21)26)25(28)29/h9-10,17-19H,2-8,11-16,20,26H2,1H3,(H,28,29). The quantitative estimate of drug-likeness (QED) is 0.125. The van der Waals surface area contributed by atoms with Gasteiger partial charge in [0.1, 0.15) is 0 Å². The second-order valence-electron chi connectivity index (χ2n) is 7.83. The Morgan fingerprint density at radius 1 is 0.828 bits per heavy atom. The van der Waals surface area contributed by atoms with Gasteiger partial charge >= 0.3 is 5.97 Å². The number of ketones is 1. The lowest BCUT2D eigenvalue weighted by Gasteiger charge is -2.07. The zero-order valence-corrected chi connectivity index (χ0v) is 18.1. The lowest BCUT2D eigenvalue weighted by molar-refractivity contribution is 0.0698. The summed E-state index contributed by atoms with van der Waals surface area (Å²) in [5.41, 5.74) is 6.25. The number of rotatable bonds is 17. The summed E-state index contributed by atoms with van der Waals surface area (Å²) in [6.45, 7) is 2.25. The molecule has 0 atom stereocenters. The van der Waals surface area contributed by atoms with Crippen LogP contribution < -0.4 is 5.73 Å². The van der Waals surface area contributed by atoms with Gasteiger partial charge < -0.3 is 10.8 Å². The van der Waals surface area contributed by atoms with Crippen molar-refractivity contribution in [3.63, 3.8) is 0 Å². The van der Waals surface area contributed by atoms with Crippen LogP contribution in [-0.4, -0.2) is 16.9 Å². The minimum atomic E-state index is -1.10. The average molecular weight is 402 g/mol. The number of para-hydroxylation sites is 1. The van der Waals surface area contributed by atoms with Crippen LogP contribution in [-0.2, 0) is 0 Å². The third kappa shape index (κ3) is 10.9. The molecule has 1 aromatic carbocycles. The summed E-state index contributed by atoms with van der Waals surface area (Å²) < 4.78 is 0. The number of benzene rings is 1. The van der Waals surface area contributed by atoms with Crippen molar-refractivity contribution in [2.45, 2.75) is 96.8 Å². The summed E-state index contributed by atoms with van der Waals surface area (Å²) in [6, 6.07) is 4.62. The summed E-state index contributed by atoms with van der Waals surface area (Å²) in [4.78, 5) is 23.4. The van der Waals surface area contributed by atoms with Crippen LogP contribution in [0.3, 0.4) is 0 Å². The first-order valence-corrected chi connectivity index (χ1v) is 11.4. The number of allylic oxidation sites excluding steroid dienone is 2. The molecule has 0 saturated heterocycles. The Morgan fingerprint density at radius 3 is 1.93 bits per heavy atom. The number of unbranched alkanes of at least 4 members (excludes halogenated alkanes) is 11. The van der Waals surface area contributed by atoms with Crippen molar-refractivity contribution < 1.29 is 14.7 Å². The molecule has 0 bridgehead atoms. The Kier molecular flexibility index (Phi) is 13.6. The van der Waals surface area contributed by atoms with Crippen LogP contribution in [0.15, 0.2) is 30.4 Å². The number of hydrogen-bond acceptors (Lipinski definition) is 3. The molecule has 0 aliphatic rings. The van der Waals surface area contributed by atoms with E-state index in [1.807, 2.05) is 0 Å². The Balaban J connectivity index is 2.05. The lowest BCUT2D eigenvalue weighted by atomic mass is 9.99. The molecule has 0 aromatic heterocycles. The van der Waals surface area contributed by atoms with E-state index >= 15 is 0 Å². The second kappa shape index (κ2) is 15.8. The SMILES string of the molecule is CCCCCCCCC=CCCCCCCCC(=O)c1cccc(C(=O)O)c1N. The van der Waals surface area contributed by atoms with Crippen molar-refractivity contribution in [1.82, 2.24) is 0 Å². The first kappa shape index (κ1) is 24.9. The summed E-state index contributed by atoms with van der Waals surface area (Å²) in [6.07, 6.45) is 20.9. The zero-order chi connectivity index (χ0) is 21.3. The van der Waals surface area contributed by atoms with Gasteiger partial charge in [-0.1, -0.05) is 76.5 Å². The van der Waals surface area contributed by atoms with Gasteiger partial charge in [-0.3, -0.25) is 4.79 Å². The van der Waals surface area contributed by atoms with Crippen molar-refractivity contribution in [3.8, 4) is 0 Å². The molecule has 29 heavy (non-hydrogen) atoms. The molecule has 0 fully saturated rings. The van der Waals surface area contributed by atoms with Crippen LogP contribution in [0.2, 0.25) is 0 Å². The van der Waals surface area contributed by atoms with Crippen LogP contribution in [0, 0.1) is 0 Å². The highest BCUT2D eigenvalue weighted by atomic mass is 16.4. The molecule has 0 unspecified atom stereocenters. The van der Waals surface area contributed by atoms with Gasteiger partial charge in [0.05, 0.1) is 11.3 Å². The highest BCUT2D eigenvalue weighted by Crippen LogP contribution is 2.20. The highest BCUT2D eigenvalue weighted by Gasteiger charge is 2.15. The highest BCUT2D eigenvalue weighted by molar-refractivity contribution is 6.06. The van der Waals surface area contributed by atoms with Crippen molar-refractivity contribution in [3.05, 3.63) is 41.5 Å². The van der Waals surface area contributed by atoms with Gasteiger partial charge in [0.2, 0.25) is 0 Å².